The summed E-state index contributed by atoms with van der Waals surface area (Å²) in [5, 5.41) is 13.9. The molecule has 2 unspecified atom stereocenters. The van der Waals surface area contributed by atoms with Gasteiger partial charge in [0.2, 0.25) is 5.91 Å². The highest BCUT2D eigenvalue weighted by atomic mass is 19.1. The number of benzene rings is 2. The van der Waals surface area contributed by atoms with Crippen LogP contribution in [0.5, 0.6) is 5.75 Å². The van der Waals surface area contributed by atoms with Crippen molar-refractivity contribution in [2.45, 2.75) is 13.3 Å². The minimum absolute atomic E-state index is 0.0430. The lowest BCUT2D eigenvalue weighted by Crippen LogP contribution is -2.19. The zero-order valence-corrected chi connectivity index (χ0v) is 14.7. The molecular weight excluding hydrogens is 349 g/mol. The molecule has 0 aliphatic heterocycles. The first-order valence-corrected chi connectivity index (χ1v) is 8.49. The van der Waals surface area contributed by atoms with Crippen molar-refractivity contribution in [2.24, 2.45) is 11.8 Å². The van der Waals surface area contributed by atoms with Crippen LogP contribution in [0.2, 0.25) is 0 Å². The van der Waals surface area contributed by atoms with E-state index >= 15 is 0 Å². The highest BCUT2D eigenvalue weighted by molar-refractivity contribution is 6.10. The van der Waals surface area contributed by atoms with E-state index in [-0.39, 0.29) is 29.7 Å². The van der Waals surface area contributed by atoms with Crippen LogP contribution in [0.3, 0.4) is 0 Å². The van der Waals surface area contributed by atoms with Crippen molar-refractivity contribution in [3.8, 4) is 11.8 Å². The van der Waals surface area contributed by atoms with E-state index in [1.165, 1.54) is 12.1 Å². The number of hydrogen-bond acceptors (Lipinski definition) is 4. The summed E-state index contributed by atoms with van der Waals surface area (Å²) in [5.74, 6) is -0.525. The molecule has 0 aromatic heterocycles. The van der Waals surface area contributed by atoms with Crippen LogP contribution in [0.4, 0.5) is 15.8 Å². The van der Waals surface area contributed by atoms with Crippen molar-refractivity contribution >= 4 is 23.2 Å². The molecule has 1 aliphatic carbocycles. The van der Waals surface area contributed by atoms with E-state index in [0.717, 1.165) is 12.5 Å². The lowest BCUT2D eigenvalue weighted by atomic mass is 10.1. The Morgan fingerprint density at radius 1 is 1.22 bits per heavy atom. The number of nitriles is 1. The third-order valence-corrected chi connectivity index (χ3v) is 4.35. The summed E-state index contributed by atoms with van der Waals surface area (Å²) < 4.78 is 18.8. The molecule has 1 aliphatic rings. The molecule has 0 saturated heterocycles. The van der Waals surface area contributed by atoms with E-state index in [4.69, 9.17) is 10.00 Å². The molecule has 138 valence electrons. The normalized spacial score (nSPS) is 17.5. The lowest BCUT2D eigenvalue weighted by molar-refractivity contribution is -0.117. The first-order chi connectivity index (χ1) is 13.0. The van der Waals surface area contributed by atoms with Crippen molar-refractivity contribution in [3.63, 3.8) is 0 Å². The van der Waals surface area contributed by atoms with E-state index < -0.39 is 11.7 Å². The van der Waals surface area contributed by atoms with Gasteiger partial charge in [0, 0.05) is 11.6 Å². The van der Waals surface area contributed by atoms with Crippen molar-refractivity contribution in [2.75, 3.05) is 17.2 Å². The van der Waals surface area contributed by atoms with Gasteiger partial charge in [-0.1, -0.05) is 6.92 Å². The zero-order chi connectivity index (χ0) is 19.4. The number of ether oxygens (including phenoxy) is 1. The lowest BCUT2D eigenvalue weighted by Gasteiger charge is -2.12. The van der Waals surface area contributed by atoms with Crippen LogP contribution in [0.15, 0.2) is 42.5 Å². The van der Waals surface area contributed by atoms with Crippen molar-refractivity contribution in [1.29, 1.82) is 5.26 Å². The number of nitrogens with zero attached hydrogens (tertiary/aromatic N) is 1. The second kappa shape index (κ2) is 7.87. The van der Waals surface area contributed by atoms with Crippen LogP contribution < -0.4 is 15.4 Å². The van der Waals surface area contributed by atoms with Crippen molar-refractivity contribution in [1.82, 2.24) is 0 Å². The van der Waals surface area contributed by atoms with Gasteiger partial charge in [-0.15, -0.1) is 0 Å². The Labute approximate surface area is 155 Å². The molecule has 0 radical (unpaired) electrons. The van der Waals surface area contributed by atoms with Gasteiger partial charge < -0.3 is 15.4 Å². The van der Waals surface area contributed by atoms with Crippen LogP contribution in [-0.2, 0) is 4.79 Å². The Kier molecular flexibility index (Phi) is 5.36. The quantitative estimate of drug-likeness (QED) is 0.816. The fourth-order valence-electron chi connectivity index (χ4n) is 2.67. The Bertz CT molecular complexity index is 906. The Morgan fingerprint density at radius 2 is 1.93 bits per heavy atom. The van der Waals surface area contributed by atoms with Gasteiger partial charge in [0.15, 0.2) is 6.61 Å². The highest BCUT2D eigenvalue weighted by Gasteiger charge is 2.39. The van der Waals surface area contributed by atoms with Gasteiger partial charge in [-0.05, 0) is 54.8 Å². The van der Waals surface area contributed by atoms with Crippen LogP contribution >= 0.6 is 0 Å². The summed E-state index contributed by atoms with van der Waals surface area (Å²) in [6.07, 6.45) is 0.814. The maximum absolute atomic E-state index is 13.7. The predicted octanol–water partition coefficient (Wildman–Crippen LogP) is 3.57. The Morgan fingerprint density at radius 3 is 2.56 bits per heavy atom. The molecule has 2 amide bonds. The first-order valence-electron chi connectivity index (χ1n) is 8.49. The van der Waals surface area contributed by atoms with E-state index in [1.807, 2.05) is 13.0 Å². The minimum Gasteiger partial charge on any atom is -0.479 e. The van der Waals surface area contributed by atoms with Gasteiger partial charge in [0.1, 0.15) is 17.6 Å². The van der Waals surface area contributed by atoms with Crippen LogP contribution in [-0.4, -0.2) is 18.4 Å². The fourth-order valence-corrected chi connectivity index (χ4v) is 2.67. The molecule has 1 saturated carbocycles. The summed E-state index contributed by atoms with van der Waals surface area (Å²) in [5.41, 5.74) is 0.787. The Hall–Kier alpha value is -3.40. The van der Waals surface area contributed by atoms with Crippen LogP contribution in [0.1, 0.15) is 23.7 Å². The number of anilines is 2. The van der Waals surface area contributed by atoms with E-state index in [1.54, 1.807) is 24.3 Å². The molecule has 7 heteroatoms. The summed E-state index contributed by atoms with van der Waals surface area (Å²) in [7, 11) is 0. The fraction of sp³-hybridized carbons (Fsp3) is 0.250. The van der Waals surface area contributed by atoms with Crippen molar-refractivity contribution < 1.29 is 18.7 Å². The van der Waals surface area contributed by atoms with E-state index in [2.05, 4.69) is 10.6 Å². The molecule has 2 atom stereocenters. The van der Waals surface area contributed by atoms with Crippen molar-refractivity contribution in [3.05, 3.63) is 53.8 Å². The largest absolute Gasteiger partial charge is 0.479 e. The number of hydrogen-bond donors (Lipinski definition) is 2. The average Bonchev–Trinajstić information content (AvgIpc) is 3.39. The van der Waals surface area contributed by atoms with E-state index in [9.17, 15) is 14.0 Å². The standard InChI is InChI=1S/C20H18FN3O3/c1-12-10-16(12)19(25)24-18-7-2-13(21)11-17(18)20(26)23-14-3-5-15(6-4-14)27-9-8-22/h2-7,11-12,16H,9-10H2,1H3,(H,23,26)(H,24,25). The van der Waals surface area contributed by atoms with Crippen LogP contribution in [0.25, 0.3) is 0 Å². The molecule has 0 heterocycles. The second-order valence-corrected chi connectivity index (χ2v) is 6.42. The van der Waals surface area contributed by atoms with Gasteiger partial charge in [-0.3, -0.25) is 9.59 Å². The highest BCUT2D eigenvalue weighted by Crippen LogP contribution is 2.38. The molecule has 1 fully saturated rings. The zero-order valence-electron chi connectivity index (χ0n) is 14.7. The molecular formula is C20H18FN3O3. The number of rotatable bonds is 6. The molecule has 2 aromatic rings. The molecule has 6 nitrogen and oxygen atoms in total. The Balaban J connectivity index is 1.72. The molecule has 27 heavy (non-hydrogen) atoms. The smallest absolute Gasteiger partial charge is 0.257 e. The molecule has 2 N–H and O–H groups in total. The molecule has 0 spiro atoms. The second-order valence-electron chi connectivity index (χ2n) is 6.42. The number of amides is 2. The number of nitrogens with one attached hydrogen (secondary N) is 2. The van der Waals surface area contributed by atoms with Gasteiger partial charge in [-0.25, -0.2) is 4.39 Å². The summed E-state index contributed by atoms with van der Waals surface area (Å²) in [6.45, 7) is 1.91. The predicted molar refractivity (Wildman–Crippen MR) is 97.8 cm³/mol. The summed E-state index contributed by atoms with van der Waals surface area (Å²) >= 11 is 0. The maximum atomic E-state index is 13.7. The summed E-state index contributed by atoms with van der Waals surface area (Å²) in [6, 6.07) is 12.0. The van der Waals surface area contributed by atoms with Gasteiger partial charge in [-0.2, -0.15) is 5.26 Å². The third-order valence-electron chi connectivity index (χ3n) is 4.35. The molecule has 0 bridgehead atoms. The van der Waals surface area contributed by atoms with E-state index in [0.29, 0.717) is 17.4 Å². The summed E-state index contributed by atoms with van der Waals surface area (Å²) in [4.78, 5) is 24.7. The topological polar surface area (TPSA) is 91.2 Å². The molecule has 2 aromatic carbocycles. The molecule has 3 rings (SSSR count). The number of carbonyl (C=O) groups is 2. The first kappa shape index (κ1) is 18.4. The van der Waals surface area contributed by atoms with Crippen LogP contribution in [0, 0.1) is 29.0 Å². The monoisotopic (exact) mass is 367 g/mol. The minimum atomic E-state index is -0.571. The number of carbonyl (C=O) groups excluding carboxylic acids is 2. The van der Waals surface area contributed by atoms with Gasteiger partial charge >= 0.3 is 0 Å². The third kappa shape index (κ3) is 4.61. The number of halogens is 1. The SMILES string of the molecule is CC1CC1C(=O)Nc1ccc(F)cc1C(=O)Nc1ccc(OCC#N)cc1. The maximum Gasteiger partial charge on any atom is 0.257 e. The van der Waals surface area contributed by atoms with Gasteiger partial charge in [0.25, 0.3) is 5.91 Å². The average molecular weight is 367 g/mol. The van der Waals surface area contributed by atoms with Gasteiger partial charge in [0.05, 0.1) is 11.3 Å².